The minimum Gasteiger partial charge on any atom is -0.486 e. The molecule has 0 fully saturated rings. The molecule has 0 atom stereocenters. The molecule has 0 bridgehead atoms. The van der Waals surface area contributed by atoms with Gasteiger partial charge < -0.3 is 9.84 Å². The second-order valence-corrected chi connectivity index (χ2v) is 3.71. The molecule has 0 radical (unpaired) electrons. The van der Waals surface area contributed by atoms with Crippen molar-refractivity contribution in [3.05, 3.63) is 28.8 Å². The van der Waals surface area contributed by atoms with E-state index in [-0.39, 0.29) is 16.3 Å². The first-order chi connectivity index (χ1) is 8.24. The lowest BCUT2D eigenvalue weighted by Gasteiger charge is -2.16. The van der Waals surface area contributed by atoms with Crippen LogP contribution in [0, 0.1) is 0 Å². The van der Waals surface area contributed by atoms with Gasteiger partial charge in [-0.1, -0.05) is 11.6 Å². The van der Waals surface area contributed by atoms with Gasteiger partial charge in [0.15, 0.2) is 6.61 Å². The fraction of sp³-hybridized carbons (Fsp3) is 0.300. The second kappa shape index (κ2) is 5.43. The fourth-order valence-corrected chi connectivity index (χ4v) is 1.22. The topological polar surface area (TPSA) is 46.5 Å². The Kier molecular flexibility index (Phi) is 4.39. The monoisotopic (exact) mass is 286 g/mol. The number of rotatable bonds is 5. The van der Waals surface area contributed by atoms with Crippen molar-refractivity contribution in [3.63, 3.8) is 0 Å². The molecule has 0 amide bonds. The first-order valence-electron chi connectivity index (χ1n) is 4.55. The van der Waals surface area contributed by atoms with Gasteiger partial charge in [-0.05, 0) is 18.2 Å². The van der Waals surface area contributed by atoms with E-state index in [9.17, 15) is 22.4 Å². The molecule has 0 saturated heterocycles. The molecular formula is C10H7ClF4O3. The molecule has 1 rings (SSSR count). The highest BCUT2D eigenvalue weighted by Crippen LogP contribution is 2.29. The van der Waals surface area contributed by atoms with Crippen LogP contribution in [0.25, 0.3) is 0 Å². The molecule has 18 heavy (non-hydrogen) atoms. The Morgan fingerprint density at radius 3 is 2.50 bits per heavy atom. The predicted molar refractivity (Wildman–Crippen MR) is 54.9 cm³/mol. The van der Waals surface area contributed by atoms with E-state index in [1.54, 1.807) is 0 Å². The number of ether oxygens (including phenoxy) is 1. The summed E-state index contributed by atoms with van der Waals surface area (Å²) >= 11 is 5.56. The Bertz CT molecular complexity index is 451. The third-order valence-corrected chi connectivity index (χ3v) is 2.21. The summed E-state index contributed by atoms with van der Waals surface area (Å²) in [5.74, 6) is -5.85. The van der Waals surface area contributed by atoms with Gasteiger partial charge in [0.2, 0.25) is 0 Å². The fourth-order valence-electron chi connectivity index (χ4n) is 0.988. The lowest BCUT2D eigenvalue weighted by molar-refractivity contribution is -0.148. The van der Waals surface area contributed by atoms with Crippen molar-refractivity contribution in [2.24, 2.45) is 0 Å². The van der Waals surface area contributed by atoms with E-state index >= 15 is 0 Å². The summed E-state index contributed by atoms with van der Waals surface area (Å²) in [6, 6.07) is 3.05. The van der Waals surface area contributed by atoms with Crippen molar-refractivity contribution in [1.82, 2.24) is 0 Å². The predicted octanol–water partition coefficient (Wildman–Crippen LogP) is 3.32. The number of hydrogen-bond acceptors (Lipinski definition) is 2. The molecule has 3 nitrogen and oxygen atoms in total. The summed E-state index contributed by atoms with van der Waals surface area (Å²) in [5, 5.41) is 8.36. The second-order valence-electron chi connectivity index (χ2n) is 3.30. The number of alkyl halides is 4. The van der Waals surface area contributed by atoms with Crippen molar-refractivity contribution in [1.29, 1.82) is 0 Å². The van der Waals surface area contributed by atoms with E-state index < -0.39 is 24.9 Å². The van der Waals surface area contributed by atoms with E-state index in [0.717, 1.165) is 18.2 Å². The number of halogens is 5. The summed E-state index contributed by atoms with van der Waals surface area (Å²) in [6.07, 6.45) is -3.85. The summed E-state index contributed by atoms with van der Waals surface area (Å²) in [7, 11) is 0. The number of carboxylic acid groups (broad SMARTS) is 1. The van der Waals surface area contributed by atoms with Crippen LogP contribution in [-0.2, 0) is 0 Å². The zero-order valence-corrected chi connectivity index (χ0v) is 9.43. The normalized spacial score (nSPS) is 11.7. The van der Waals surface area contributed by atoms with Crippen LogP contribution in [-0.4, -0.2) is 30.0 Å². The number of aromatic carboxylic acids is 1. The highest BCUT2D eigenvalue weighted by atomic mass is 35.5. The Balaban J connectivity index is 2.78. The summed E-state index contributed by atoms with van der Waals surface area (Å²) in [5.41, 5.74) is -0.173. The van der Waals surface area contributed by atoms with Crippen LogP contribution in [0.15, 0.2) is 18.2 Å². The van der Waals surface area contributed by atoms with Gasteiger partial charge >= 0.3 is 18.3 Å². The van der Waals surface area contributed by atoms with E-state index in [2.05, 4.69) is 4.74 Å². The smallest absolute Gasteiger partial charge is 0.340 e. The van der Waals surface area contributed by atoms with Crippen molar-refractivity contribution < 1.29 is 32.2 Å². The van der Waals surface area contributed by atoms with Crippen molar-refractivity contribution in [3.8, 4) is 5.75 Å². The third-order valence-electron chi connectivity index (χ3n) is 1.92. The van der Waals surface area contributed by atoms with Crippen LogP contribution in [0.3, 0.4) is 0 Å². The molecule has 1 N–H and O–H groups in total. The average molecular weight is 287 g/mol. The molecule has 0 heterocycles. The maximum absolute atomic E-state index is 12.6. The standard InChI is InChI=1S/C10H7ClF4O3/c11-6-3-5(8(16)17)1-2-7(6)18-4-10(14,15)9(12)13/h1-3,9H,4H2,(H,16,17). The van der Waals surface area contributed by atoms with Crippen LogP contribution in [0.2, 0.25) is 5.02 Å². The summed E-state index contributed by atoms with van der Waals surface area (Å²) in [6.45, 7) is -1.54. The van der Waals surface area contributed by atoms with Crippen LogP contribution in [0.5, 0.6) is 5.75 Å². The van der Waals surface area contributed by atoms with E-state index in [0.29, 0.717) is 0 Å². The van der Waals surface area contributed by atoms with Gasteiger partial charge in [0.25, 0.3) is 0 Å². The van der Waals surface area contributed by atoms with E-state index in [4.69, 9.17) is 16.7 Å². The number of carboxylic acids is 1. The van der Waals surface area contributed by atoms with Gasteiger partial charge in [0.05, 0.1) is 10.6 Å². The molecule has 0 aliphatic rings. The van der Waals surface area contributed by atoms with Gasteiger partial charge in [-0.25, -0.2) is 13.6 Å². The van der Waals surface area contributed by atoms with Crippen molar-refractivity contribution in [2.45, 2.75) is 12.3 Å². The highest BCUT2D eigenvalue weighted by Gasteiger charge is 2.41. The molecule has 0 unspecified atom stereocenters. The van der Waals surface area contributed by atoms with Gasteiger partial charge in [0.1, 0.15) is 5.75 Å². The number of carbonyl (C=O) groups is 1. The first kappa shape index (κ1) is 14.6. The van der Waals surface area contributed by atoms with Crippen LogP contribution >= 0.6 is 11.6 Å². The summed E-state index contributed by atoms with van der Waals surface area (Å²) < 4.78 is 53.3. The SMILES string of the molecule is O=C(O)c1ccc(OCC(F)(F)C(F)F)c(Cl)c1. The molecular weight excluding hydrogens is 280 g/mol. The minimum absolute atomic E-state index is 0.173. The molecule has 0 aromatic heterocycles. The first-order valence-corrected chi connectivity index (χ1v) is 4.93. The van der Waals surface area contributed by atoms with E-state index in [1.807, 2.05) is 0 Å². The molecule has 0 saturated carbocycles. The van der Waals surface area contributed by atoms with Crippen molar-refractivity contribution >= 4 is 17.6 Å². The van der Waals surface area contributed by atoms with Crippen molar-refractivity contribution in [2.75, 3.05) is 6.61 Å². The van der Waals surface area contributed by atoms with Gasteiger partial charge in [-0.15, -0.1) is 0 Å². The average Bonchev–Trinajstić information content (AvgIpc) is 2.26. The maximum Gasteiger partial charge on any atom is 0.340 e. The lowest BCUT2D eigenvalue weighted by atomic mass is 10.2. The molecule has 0 aliphatic carbocycles. The Hall–Kier alpha value is -1.50. The van der Waals surface area contributed by atoms with Crippen LogP contribution in [0.4, 0.5) is 17.6 Å². The third kappa shape index (κ3) is 3.49. The van der Waals surface area contributed by atoms with Crippen LogP contribution in [0.1, 0.15) is 10.4 Å². The molecule has 8 heteroatoms. The Morgan fingerprint density at radius 2 is 2.06 bits per heavy atom. The zero-order valence-electron chi connectivity index (χ0n) is 8.67. The number of benzene rings is 1. The lowest BCUT2D eigenvalue weighted by Crippen LogP contribution is -2.33. The highest BCUT2D eigenvalue weighted by molar-refractivity contribution is 6.32. The maximum atomic E-state index is 12.6. The number of hydrogen-bond donors (Lipinski definition) is 1. The Morgan fingerprint density at radius 1 is 1.44 bits per heavy atom. The quantitative estimate of drug-likeness (QED) is 0.845. The van der Waals surface area contributed by atoms with Crippen LogP contribution < -0.4 is 4.74 Å². The van der Waals surface area contributed by atoms with E-state index in [1.165, 1.54) is 0 Å². The summed E-state index contributed by atoms with van der Waals surface area (Å²) in [4.78, 5) is 10.6. The molecule has 0 aliphatic heterocycles. The molecule has 1 aromatic rings. The van der Waals surface area contributed by atoms with Gasteiger partial charge in [0, 0.05) is 0 Å². The largest absolute Gasteiger partial charge is 0.486 e. The van der Waals surface area contributed by atoms with Gasteiger partial charge in [-0.3, -0.25) is 0 Å². The minimum atomic E-state index is -4.30. The molecule has 100 valence electrons. The molecule has 1 aromatic carbocycles. The van der Waals surface area contributed by atoms with Gasteiger partial charge in [-0.2, -0.15) is 8.78 Å². The Labute approximate surface area is 104 Å². The zero-order chi connectivity index (χ0) is 13.9. The molecule has 0 spiro atoms.